The fourth-order valence-electron chi connectivity index (χ4n) is 1.79. The van der Waals surface area contributed by atoms with Crippen molar-refractivity contribution in [3.8, 4) is 6.07 Å². The van der Waals surface area contributed by atoms with Crippen LogP contribution in [-0.4, -0.2) is 49.3 Å². The number of nitrogens with zero attached hydrogens (tertiary/aromatic N) is 3. The van der Waals surface area contributed by atoms with Crippen molar-refractivity contribution in [1.82, 2.24) is 9.88 Å². The minimum absolute atomic E-state index is 0.592. The number of hydrogen-bond acceptors (Lipinski definition) is 5. The van der Waals surface area contributed by atoms with Gasteiger partial charge in [-0.05, 0) is 12.1 Å². The summed E-state index contributed by atoms with van der Waals surface area (Å²) < 4.78 is 5.28. The molecule has 0 amide bonds. The number of hydrogen-bond donors (Lipinski definition) is 1. The van der Waals surface area contributed by atoms with E-state index in [1.165, 1.54) is 0 Å². The van der Waals surface area contributed by atoms with Gasteiger partial charge in [-0.15, -0.1) is 0 Å². The first kappa shape index (κ1) is 11.8. The first-order valence-corrected chi connectivity index (χ1v) is 5.79. The number of pyridine rings is 1. The van der Waals surface area contributed by atoms with Crippen LogP contribution in [0, 0.1) is 11.3 Å². The summed E-state index contributed by atoms with van der Waals surface area (Å²) in [5, 5.41) is 12.1. The van der Waals surface area contributed by atoms with Crippen molar-refractivity contribution in [2.45, 2.75) is 0 Å². The van der Waals surface area contributed by atoms with Gasteiger partial charge in [0.2, 0.25) is 0 Å². The van der Waals surface area contributed by atoms with E-state index < -0.39 is 0 Å². The van der Waals surface area contributed by atoms with E-state index in [-0.39, 0.29) is 0 Å². The maximum absolute atomic E-state index is 8.91. The number of anilines is 1. The Hall–Kier alpha value is -1.64. The highest BCUT2D eigenvalue weighted by atomic mass is 16.5. The highest BCUT2D eigenvalue weighted by Crippen LogP contribution is 2.08. The van der Waals surface area contributed by atoms with Gasteiger partial charge < -0.3 is 10.1 Å². The van der Waals surface area contributed by atoms with Gasteiger partial charge >= 0.3 is 0 Å². The molecular formula is C12H16N4O. The summed E-state index contributed by atoms with van der Waals surface area (Å²) >= 11 is 0. The van der Waals surface area contributed by atoms with Gasteiger partial charge in [0, 0.05) is 32.4 Å². The van der Waals surface area contributed by atoms with Gasteiger partial charge in [-0.1, -0.05) is 0 Å². The van der Waals surface area contributed by atoms with Gasteiger partial charge in [-0.2, -0.15) is 5.26 Å². The fraction of sp³-hybridized carbons (Fsp3) is 0.500. The Morgan fingerprint density at radius 1 is 1.47 bits per heavy atom. The lowest BCUT2D eigenvalue weighted by Gasteiger charge is -2.26. The highest BCUT2D eigenvalue weighted by Gasteiger charge is 2.09. The summed E-state index contributed by atoms with van der Waals surface area (Å²) in [6.07, 6.45) is 1.69. The fourth-order valence-corrected chi connectivity index (χ4v) is 1.79. The predicted molar refractivity (Wildman–Crippen MR) is 64.7 cm³/mol. The molecule has 1 N–H and O–H groups in total. The zero-order chi connectivity index (χ0) is 11.9. The van der Waals surface area contributed by atoms with Gasteiger partial charge in [0.15, 0.2) is 0 Å². The molecule has 0 atom stereocenters. The maximum Gasteiger partial charge on any atom is 0.143 e. The third kappa shape index (κ3) is 3.41. The minimum atomic E-state index is 0.592. The minimum Gasteiger partial charge on any atom is -0.379 e. The second kappa shape index (κ2) is 6.18. The van der Waals surface area contributed by atoms with E-state index in [9.17, 15) is 0 Å². The molecule has 1 aliphatic heterocycles. The maximum atomic E-state index is 8.91. The molecule has 0 aromatic carbocycles. The molecule has 2 heterocycles. The lowest BCUT2D eigenvalue weighted by molar-refractivity contribution is 0.0398. The first-order chi connectivity index (χ1) is 8.40. The number of aromatic nitrogens is 1. The quantitative estimate of drug-likeness (QED) is 0.828. The first-order valence-electron chi connectivity index (χ1n) is 5.79. The van der Waals surface area contributed by atoms with E-state index in [1.54, 1.807) is 18.3 Å². The topological polar surface area (TPSA) is 61.2 Å². The van der Waals surface area contributed by atoms with Gasteiger partial charge in [-0.3, -0.25) is 4.90 Å². The predicted octanol–water partition coefficient (Wildman–Crippen LogP) is 0.697. The van der Waals surface area contributed by atoms with E-state index in [2.05, 4.69) is 21.3 Å². The average molecular weight is 232 g/mol. The van der Waals surface area contributed by atoms with Crippen LogP contribution >= 0.6 is 0 Å². The van der Waals surface area contributed by atoms with Crippen LogP contribution in [0.15, 0.2) is 18.3 Å². The summed E-state index contributed by atoms with van der Waals surface area (Å²) in [5.74, 6) is 0.670. The molecule has 5 heteroatoms. The van der Waals surface area contributed by atoms with Crippen molar-refractivity contribution < 1.29 is 4.74 Å². The lowest BCUT2D eigenvalue weighted by Crippen LogP contribution is -2.39. The smallest absolute Gasteiger partial charge is 0.143 e. The summed E-state index contributed by atoms with van der Waals surface area (Å²) in [5.41, 5.74) is 0.592. The summed E-state index contributed by atoms with van der Waals surface area (Å²) in [4.78, 5) is 6.49. The van der Waals surface area contributed by atoms with Crippen LogP contribution in [-0.2, 0) is 4.74 Å². The van der Waals surface area contributed by atoms with Gasteiger partial charge in [0.25, 0.3) is 0 Å². The molecule has 0 radical (unpaired) electrons. The average Bonchev–Trinajstić information content (AvgIpc) is 2.40. The zero-order valence-electron chi connectivity index (χ0n) is 9.72. The Labute approximate surface area is 101 Å². The molecule has 2 rings (SSSR count). The third-order valence-electron chi connectivity index (χ3n) is 2.75. The van der Waals surface area contributed by atoms with Crippen LogP contribution < -0.4 is 5.32 Å². The SMILES string of the molecule is N#Cc1cccnc1NCCN1CCOCC1. The number of morpholine rings is 1. The Bertz CT molecular complexity index is 396. The normalized spacial score (nSPS) is 16.4. The molecule has 0 aliphatic carbocycles. The van der Waals surface area contributed by atoms with Crippen LogP contribution in [0.25, 0.3) is 0 Å². The van der Waals surface area contributed by atoms with Crippen molar-refractivity contribution in [2.75, 3.05) is 44.7 Å². The van der Waals surface area contributed by atoms with Crippen LogP contribution in [0.5, 0.6) is 0 Å². The molecular weight excluding hydrogens is 216 g/mol. The van der Waals surface area contributed by atoms with E-state index in [1.807, 2.05) is 0 Å². The monoisotopic (exact) mass is 232 g/mol. The standard InChI is InChI=1S/C12H16N4O/c13-10-11-2-1-3-14-12(11)15-4-5-16-6-8-17-9-7-16/h1-3H,4-9H2,(H,14,15). The second-order valence-corrected chi connectivity index (χ2v) is 3.89. The molecule has 1 aromatic heterocycles. The van der Waals surface area contributed by atoms with Crippen LogP contribution in [0.3, 0.4) is 0 Å². The highest BCUT2D eigenvalue weighted by molar-refractivity contribution is 5.51. The number of nitrogens with one attached hydrogen (secondary N) is 1. The van der Waals surface area contributed by atoms with Crippen LogP contribution in [0.2, 0.25) is 0 Å². The molecule has 0 saturated carbocycles. The molecule has 0 bridgehead atoms. The largest absolute Gasteiger partial charge is 0.379 e. The van der Waals surface area contributed by atoms with Crippen LogP contribution in [0.4, 0.5) is 5.82 Å². The second-order valence-electron chi connectivity index (χ2n) is 3.89. The van der Waals surface area contributed by atoms with Crippen LogP contribution in [0.1, 0.15) is 5.56 Å². The van der Waals surface area contributed by atoms with Gasteiger partial charge in [0.1, 0.15) is 11.9 Å². The molecule has 90 valence electrons. The van der Waals surface area contributed by atoms with Gasteiger partial charge in [-0.25, -0.2) is 4.98 Å². The van der Waals surface area contributed by atoms with Crippen molar-refractivity contribution in [3.05, 3.63) is 23.9 Å². The molecule has 1 saturated heterocycles. The van der Waals surface area contributed by atoms with E-state index in [0.29, 0.717) is 11.4 Å². The van der Waals surface area contributed by atoms with Crippen molar-refractivity contribution in [3.63, 3.8) is 0 Å². The van der Waals surface area contributed by atoms with E-state index in [0.717, 1.165) is 39.4 Å². The summed E-state index contributed by atoms with van der Waals surface area (Å²) in [6, 6.07) is 5.66. The van der Waals surface area contributed by atoms with Crippen molar-refractivity contribution in [2.24, 2.45) is 0 Å². The molecule has 1 aromatic rings. The van der Waals surface area contributed by atoms with E-state index in [4.69, 9.17) is 10.00 Å². The van der Waals surface area contributed by atoms with E-state index >= 15 is 0 Å². The molecule has 5 nitrogen and oxygen atoms in total. The zero-order valence-corrected chi connectivity index (χ0v) is 9.72. The molecule has 0 unspecified atom stereocenters. The summed E-state index contributed by atoms with van der Waals surface area (Å²) in [6.45, 7) is 5.33. The number of ether oxygens (including phenoxy) is 1. The molecule has 17 heavy (non-hydrogen) atoms. The third-order valence-corrected chi connectivity index (χ3v) is 2.75. The number of rotatable bonds is 4. The lowest BCUT2D eigenvalue weighted by atomic mass is 10.3. The van der Waals surface area contributed by atoms with Gasteiger partial charge in [0.05, 0.1) is 18.8 Å². The molecule has 1 fully saturated rings. The molecule has 0 spiro atoms. The molecule has 1 aliphatic rings. The Morgan fingerprint density at radius 2 is 2.29 bits per heavy atom. The van der Waals surface area contributed by atoms with Crippen molar-refractivity contribution in [1.29, 1.82) is 5.26 Å². The van der Waals surface area contributed by atoms with Crippen molar-refractivity contribution >= 4 is 5.82 Å². The Balaban J connectivity index is 1.79. The summed E-state index contributed by atoms with van der Waals surface area (Å²) in [7, 11) is 0. The Morgan fingerprint density at radius 3 is 3.06 bits per heavy atom. The Kier molecular flexibility index (Phi) is 4.30. The number of nitriles is 1.